The first-order chi connectivity index (χ1) is 18.7. The molecule has 0 spiro atoms. The predicted molar refractivity (Wildman–Crippen MR) is 146 cm³/mol. The molecule has 12 heteroatoms. The zero-order chi connectivity index (χ0) is 28.1. The van der Waals surface area contributed by atoms with Crippen molar-refractivity contribution in [2.24, 2.45) is 0 Å². The molecule has 3 heterocycles. The molecule has 4 rings (SSSR count). The number of H-pyrrole nitrogens is 1. The van der Waals surface area contributed by atoms with Gasteiger partial charge in [-0.3, -0.25) is 4.79 Å². The Kier molecular flexibility index (Phi) is 9.13. The van der Waals surface area contributed by atoms with Crippen LogP contribution in [0, 0.1) is 5.82 Å². The van der Waals surface area contributed by atoms with Crippen molar-refractivity contribution in [1.29, 1.82) is 0 Å². The van der Waals surface area contributed by atoms with Crippen LogP contribution in [0.1, 0.15) is 47.0 Å². The van der Waals surface area contributed by atoms with Crippen LogP contribution in [0.5, 0.6) is 0 Å². The van der Waals surface area contributed by atoms with Crippen LogP contribution in [0.4, 0.5) is 10.2 Å². The molecule has 10 nitrogen and oxygen atoms in total. The van der Waals surface area contributed by atoms with E-state index in [2.05, 4.69) is 30.6 Å². The van der Waals surface area contributed by atoms with Gasteiger partial charge in [-0.2, -0.15) is 0 Å². The van der Waals surface area contributed by atoms with Crippen molar-refractivity contribution in [3.63, 3.8) is 0 Å². The van der Waals surface area contributed by atoms with Crippen molar-refractivity contribution < 1.29 is 23.5 Å². The lowest BCUT2D eigenvalue weighted by atomic mass is 9.87. The number of pyridine rings is 1. The van der Waals surface area contributed by atoms with Crippen LogP contribution in [0.25, 0.3) is 22.4 Å². The van der Waals surface area contributed by atoms with E-state index < -0.39 is 30.0 Å². The molecule has 0 aromatic carbocycles. The summed E-state index contributed by atoms with van der Waals surface area (Å²) < 4.78 is 26.7. The van der Waals surface area contributed by atoms with Crippen molar-refractivity contribution >= 4 is 40.3 Å². The highest BCUT2D eigenvalue weighted by Crippen LogP contribution is 2.30. The second kappa shape index (κ2) is 12.5. The normalized spacial score (nSPS) is 19.2. The van der Waals surface area contributed by atoms with E-state index in [0.29, 0.717) is 27.2 Å². The number of hydrogen-bond donors (Lipinski definition) is 3. The molecule has 3 aromatic rings. The number of aromatic amines is 1. The number of amides is 1. The second-order valence-electron chi connectivity index (χ2n) is 9.27. The van der Waals surface area contributed by atoms with E-state index in [4.69, 9.17) is 21.1 Å². The van der Waals surface area contributed by atoms with E-state index in [1.54, 1.807) is 25.3 Å². The van der Waals surface area contributed by atoms with Gasteiger partial charge in [0.05, 0.1) is 42.1 Å². The molecule has 1 amide bonds. The zero-order valence-corrected chi connectivity index (χ0v) is 23.0. The van der Waals surface area contributed by atoms with Gasteiger partial charge in [-0.25, -0.2) is 24.1 Å². The van der Waals surface area contributed by atoms with Gasteiger partial charge in [-0.15, -0.1) is 0 Å². The number of carbonyl (C=O) groups is 2. The Labute approximate surface area is 230 Å². The summed E-state index contributed by atoms with van der Waals surface area (Å²) in [5, 5.41) is 7.11. The van der Waals surface area contributed by atoms with Gasteiger partial charge in [-0.05, 0) is 31.9 Å². The Morgan fingerprint density at radius 3 is 2.69 bits per heavy atom. The predicted octanol–water partition coefficient (Wildman–Crippen LogP) is 4.56. The van der Waals surface area contributed by atoms with Gasteiger partial charge >= 0.3 is 5.97 Å². The second-order valence-corrected chi connectivity index (χ2v) is 9.70. The summed E-state index contributed by atoms with van der Waals surface area (Å²) >= 11 is 6.13. The monoisotopic (exact) mass is 558 g/mol. The number of esters is 1. The Bertz CT molecular complexity index is 1380. The number of halogens is 2. The van der Waals surface area contributed by atoms with E-state index in [9.17, 15) is 9.59 Å². The average Bonchev–Trinajstić information content (AvgIpc) is 3.32. The fourth-order valence-corrected chi connectivity index (χ4v) is 4.83. The van der Waals surface area contributed by atoms with Crippen LogP contribution < -0.4 is 10.6 Å². The Balaban J connectivity index is 1.73. The molecule has 0 fully saturated rings. The number of aromatic nitrogens is 4. The summed E-state index contributed by atoms with van der Waals surface area (Å²) in [5.41, 5.74) is 1.54. The molecule has 1 aliphatic rings. The van der Waals surface area contributed by atoms with Gasteiger partial charge in [0.25, 0.3) is 0 Å². The zero-order valence-electron chi connectivity index (χ0n) is 22.3. The van der Waals surface area contributed by atoms with Gasteiger partial charge in [0.2, 0.25) is 5.91 Å². The maximum absolute atomic E-state index is 15.1. The SMILES string of the molecule is CCOC(=O)C1=C[C@H](Nc2nc(-c3c[nH]c4ncc(Cl)cc34)ncc2F)[C@@H](NC(C)=O)[C@H](OC(CC)CC)C1. The van der Waals surface area contributed by atoms with E-state index in [1.807, 2.05) is 13.8 Å². The largest absolute Gasteiger partial charge is 0.463 e. The third-order valence-corrected chi connectivity index (χ3v) is 6.77. The molecular weight excluding hydrogens is 527 g/mol. The van der Waals surface area contributed by atoms with Crippen LogP contribution in [-0.2, 0) is 19.1 Å². The lowest BCUT2D eigenvalue weighted by Crippen LogP contribution is -2.56. The third kappa shape index (κ3) is 6.54. The lowest BCUT2D eigenvalue weighted by molar-refractivity contribution is -0.139. The first-order valence-electron chi connectivity index (χ1n) is 13.0. The molecule has 3 N–H and O–H groups in total. The van der Waals surface area contributed by atoms with Gasteiger partial charge < -0.3 is 25.1 Å². The number of nitrogens with zero attached hydrogens (tertiary/aromatic N) is 3. The molecular formula is C27H32ClFN6O4. The summed E-state index contributed by atoms with van der Waals surface area (Å²) in [5.74, 6) is -1.35. The first kappa shape index (κ1) is 28.4. The number of rotatable bonds is 10. The van der Waals surface area contributed by atoms with Gasteiger partial charge in [0.1, 0.15) is 5.65 Å². The average molecular weight is 559 g/mol. The first-order valence-corrected chi connectivity index (χ1v) is 13.3. The molecule has 0 bridgehead atoms. The number of ether oxygens (including phenoxy) is 2. The molecule has 0 saturated carbocycles. The minimum atomic E-state index is -0.738. The fourth-order valence-electron chi connectivity index (χ4n) is 4.67. The molecule has 208 valence electrons. The molecule has 39 heavy (non-hydrogen) atoms. The van der Waals surface area contributed by atoms with Crippen molar-refractivity contribution in [2.45, 2.75) is 71.2 Å². The molecule has 1 aliphatic carbocycles. The highest BCUT2D eigenvalue weighted by Gasteiger charge is 2.38. The number of nitrogens with one attached hydrogen (secondary N) is 3. The molecule has 0 unspecified atom stereocenters. The lowest BCUT2D eigenvalue weighted by Gasteiger charge is -2.39. The summed E-state index contributed by atoms with van der Waals surface area (Å²) in [7, 11) is 0. The standard InChI is InChI=1S/C27H32ClFN6O4/c1-5-17(6-2)39-22-9-15(27(37)38-7-3)8-21(23(22)33-14(4)36)34-26-20(29)13-32-25(35-26)19-12-31-24-18(19)10-16(28)11-30-24/h8,10-13,17,21-23H,5-7,9H2,1-4H3,(H,30,31)(H,33,36)(H,32,34,35)/t21-,22+,23+/m0/s1. The molecule has 3 atom stereocenters. The number of hydrogen-bond acceptors (Lipinski definition) is 8. The molecule has 0 aliphatic heterocycles. The smallest absolute Gasteiger partial charge is 0.333 e. The minimum absolute atomic E-state index is 0.0850. The third-order valence-electron chi connectivity index (χ3n) is 6.56. The quantitative estimate of drug-likeness (QED) is 0.309. The van der Waals surface area contributed by atoms with Crippen molar-refractivity contribution in [1.82, 2.24) is 25.3 Å². The van der Waals surface area contributed by atoms with Gasteiger partial charge in [0, 0.05) is 42.3 Å². The van der Waals surface area contributed by atoms with Crippen molar-refractivity contribution in [2.75, 3.05) is 11.9 Å². The van der Waals surface area contributed by atoms with Crippen LogP contribution in [0.15, 0.2) is 36.3 Å². The van der Waals surface area contributed by atoms with E-state index in [0.717, 1.165) is 19.0 Å². The molecule has 0 saturated heterocycles. The summed E-state index contributed by atoms with van der Waals surface area (Å²) in [6.45, 7) is 7.34. The highest BCUT2D eigenvalue weighted by molar-refractivity contribution is 6.31. The highest BCUT2D eigenvalue weighted by atomic mass is 35.5. The van der Waals surface area contributed by atoms with Crippen molar-refractivity contribution in [3.05, 3.63) is 47.1 Å². The Morgan fingerprint density at radius 2 is 2.00 bits per heavy atom. The van der Waals surface area contributed by atoms with Gasteiger partial charge in [0.15, 0.2) is 17.5 Å². The van der Waals surface area contributed by atoms with Crippen LogP contribution in [0.3, 0.4) is 0 Å². The van der Waals surface area contributed by atoms with E-state index in [1.165, 1.54) is 13.1 Å². The van der Waals surface area contributed by atoms with E-state index in [-0.39, 0.29) is 36.7 Å². The van der Waals surface area contributed by atoms with Gasteiger partial charge in [-0.1, -0.05) is 25.4 Å². The number of fused-ring (bicyclic) bond motifs is 1. The van der Waals surface area contributed by atoms with Crippen LogP contribution in [0.2, 0.25) is 5.02 Å². The molecule has 3 aromatic heterocycles. The van der Waals surface area contributed by atoms with Crippen molar-refractivity contribution in [3.8, 4) is 11.4 Å². The van der Waals surface area contributed by atoms with Crippen LogP contribution >= 0.6 is 11.6 Å². The summed E-state index contributed by atoms with van der Waals surface area (Å²) in [6, 6.07) is 0.366. The maximum Gasteiger partial charge on any atom is 0.333 e. The molecule has 0 radical (unpaired) electrons. The minimum Gasteiger partial charge on any atom is -0.463 e. The maximum atomic E-state index is 15.1. The number of carbonyl (C=O) groups excluding carboxylic acids is 2. The Morgan fingerprint density at radius 1 is 1.23 bits per heavy atom. The summed E-state index contributed by atoms with van der Waals surface area (Å²) in [4.78, 5) is 40.8. The Hall–Kier alpha value is -3.57. The summed E-state index contributed by atoms with van der Waals surface area (Å²) in [6.07, 6.45) is 6.98. The topological polar surface area (TPSA) is 131 Å². The fraction of sp³-hybridized carbons (Fsp3) is 0.444. The van der Waals surface area contributed by atoms with Crippen LogP contribution in [-0.4, -0.2) is 62.7 Å². The number of anilines is 1. The van der Waals surface area contributed by atoms with E-state index >= 15 is 4.39 Å².